The van der Waals surface area contributed by atoms with Crippen LogP contribution in [0.5, 0.6) is 0 Å². The Morgan fingerprint density at radius 2 is 2.12 bits per heavy atom. The summed E-state index contributed by atoms with van der Waals surface area (Å²) in [6.07, 6.45) is 1.23. The number of likely N-dealkylation sites (N-methyl/N-ethyl adjacent to an activating group) is 1. The molecule has 0 aliphatic rings. The maximum atomic E-state index is 12.3. The lowest BCUT2D eigenvalue weighted by atomic mass is 10.1. The maximum Gasteiger partial charge on any atom is 0.359 e. The Labute approximate surface area is 153 Å². The van der Waals surface area contributed by atoms with E-state index in [1.54, 1.807) is 6.92 Å². The second-order valence-corrected chi connectivity index (χ2v) is 5.62. The highest BCUT2D eigenvalue weighted by Gasteiger charge is 2.24. The predicted octanol–water partition coefficient (Wildman–Crippen LogP) is 2.16. The van der Waals surface area contributed by atoms with E-state index >= 15 is 0 Å². The first-order valence-corrected chi connectivity index (χ1v) is 8.72. The van der Waals surface area contributed by atoms with Crippen molar-refractivity contribution in [2.24, 2.45) is 0 Å². The van der Waals surface area contributed by atoms with Crippen molar-refractivity contribution < 1.29 is 19.1 Å². The van der Waals surface area contributed by atoms with Crippen molar-refractivity contribution in [3.05, 3.63) is 46.8 Å². The normalized spacial score (nSPS) is 10.7. The Morgan fingerprint density at radius 3 is 2.77 bits per heavy atom. The third-order valence-electron chi connectivity index (χ3n) is 3.86. The SMILES string of the molecule is CCOCc1cccc(-n2nc(C(=O)OCC)c(CCNC)c2C=O)c1. The van der Waals surface area contributed by atoms with E-state index in [-0.39, 0.29) is 12.3 Å². The summed E-state index contributed by atoms with van der Waals surface area (Å²) < 4.78 is 12.0. The average Bonchev–Trinajstić information content (AvgIpc) is 3.03. The number of hydrogen-bond donors (Lipinski definition) is 1. The standard InChI is InChI=1S/C19H25N3O4/c1-4-25-13-14-7-6-8-15(11-14)22-17(12-23)16(9-10-20-3)18(21-22)19(24)26-5-2/h6-8,11-12,20H,4-5,9-10,13H2,1-3H3. The molecule has 0 spiro atoms. The van der Waals surface area contributed by atoms with Crippen molar-refractivity contribution in [3.63, 3.8) is 0 Å². The molecular formula is C19H25N3O4. The average molecular weight is 359 g/mol. The zero-order valence-corrected chi connectivity index (χ0v) is 15.4. The van der Waals surface area contributed by atoms with E-state index in [9.17, 15) is 9.59 Å². The van der Waals surface area contributed by atoms with Gasteiger partial charge in [0.25, 0.3) is 0 Å². The fraction of sp³-hybridized carbons (Fsp3) is 0.421. The number of esters is 1. The van der Waals surface area contributed by atoms with E-state index in [1.807, 2.05) is 38.2 Å². The largest absolute Gasteiger partial charge is 0.461 e. The molecule has 0 bridgehead atoms. The first kappa shape index (κ1) is 19.8. The van der Waals surface area contributed by atoms with Crippen molar-refractivity contribution in [2.75, 3.05) is 26.8 Å². The maximum absolute atomic E-state index is 12.3. The summed E-state index contributed by atoms with van der Waals surface area (Å²) in [5.41, 5.74) is 2.79. The van der Waals surface area contributed by atoms with Crippen LogP contribution in [0.1, 0.15) is 46.0 Å². The van der Waals surface area contributed by atoms with E-state index in [1.165, 1.54) is 4.68 Å². The predicted molar refractivity (Wildman–Crippen MR) is 97.9 cm³/mol. The minimum absolute atomic E-state index is 0.180. The topological polar surface area (TPSA) is 82.5 Å². The van der Waals surface area contributed by atoms with E-state index in [4.69, 9.17) is 9.47 Å². The van der Waals surface area contributed by atoms with Crippen molar-refractivity contribution in [3.8, 4) is 5.69 Å². The number of carbonyl (C=O) groups excluding carboxylic acids is 2. The Bertz CT molecular complexity index is 755. The molecule has 2 aromatic rings. The molecule has 0 saturated carbocycles. The summed E-state index contributed by atoms with van der Waals surface area (Å²) in [6, 6.07) is 7.55. The summed E-state index contributed by atoms with van der Waals surface area (Å²) in [5.74, 6) is -0.522. The third kappa shape index (κ3) is 4.56. The van der Waals surface area contributed by atoms with Gasteiger partial charge in [0.1, 0.15) is 5.69 Å². The van der Waals surface area contributed by atoms with Gasteiger partial charge < -0.3 is 14.8 Å². The molecule has 0 radical (unpaired) electrons. The van der Waals surface area contributed by atoms with Gasteiger partial charge in [0.15, 0.2) is 12.0 Å². The second kappa shape index (κ2) is 9.84. The van der Waals surface area contributed by atoms with Gasteiger partial charge in [-0.2, -0.15) is 5.10 Å². The Hall–Kier alpha value is -2.51. The van der Waals surface area contributed by atoms with Crippen LogP contribution in [0, 0.1) is 0 Å². The summed E-state index contributed by atoms with van der Waals surface area (Å²) in [7, 11) is 1.81. The van der Waals surface area contributed by atoms with Crippen molar-refractivity contribution in [1.29, 1.82) is 0 Å². The number of rotatable bonds is 10. The number of aldehydes is 1. The Morgan fingerprint density at radius 1 is 1.31 bits per heavy atom. The molecule has 0 fully saturated rings. The molecule has 1 heterocycles. The molecule has 0 saturated heterocycles. The first-order chi connectivity index (χ1) is 12.7. The molecule has 140 valence electrons. The molecule has 1 aromatic carbocycles. The van der Waals surface area contributed by atoms with Crippen LogP contribution in [0.25, 0.3) is 5.69 Å². The van der Waals surface area contributed by atoms with Gasteiger partial charge in [0, 0.05) is 12.2 Å². The van der Waals surface area contributed by atoms with Crippen LogP contribution in [0.15, 0.2) is 24.3 Å². The van der Waals surface area contributed by atoms with Crippen LogP contribution in [0.3, 0.4) is 0 Å². The van der Waals surface area contributed by atoms with Gasteiger partial charge in [0.2, 0.25) is 0 Å². The quantitative estimate of drug-likeness (QED) is 0.517. The minimum atomic E-state index is -0.522. The van der Waals surface area contributed by atoms with E-state index in [2.05, 4.69) is 10.4 Å². The number of nitrogens with one attached hydrogen (secondary N) is 1. The van der Waals surface area contributed by atoms with Crippen molar-refractivity contribution in [2.45, 2.75) is 26.9 Å². The van der Waals surface area contributed by atoms with Gasteiger partial charge in [-0.3, -0.25) is 4.79 Å². The molecule has 2 rings (SSSR count). The molecule has 0 unspecified atom stereocenters. The molecular weight excluding hydrogens is 334 g/mol. The molecule has 26 heavy (non-hydrogen) atoms. The number of aromatic nitrogens is 2. The van der Waals surface area contributed by atoms with Gasteiger partial charge in [-0.1, -0.05) is 12.1 Å². The highest BCUT2D eigenvalue weighted by molar-refractivity contribution is 5.92. The molecule has 0 atom stereocenters. The molecule has 0 aliphatic carbocycles. The van der Waals surface area contributed by atoms with Crippen LogP contribution in [0.4, 0.5) is 0 Å². The van der Waals surface area contributed by atoms with Crippen molar-refractivity contribution in [1.82, 2.24) is 15.1 Å². The van der Waals surface area contributed by atoms with Gasteiger partial charge in [-0.25, -0.2) is 9.48 Å². The van der Waals surface area contributed by atoms with Gasteiger partial charge >= 0.3 is 5.97 Å². The number of carbonyl (C=O) groups is 2. The molecule has 0 amide bonds. The smallest absolute Gasteiger partial charge is 0.359 e. The van der Waals surface area contributed by atoms with E-state index < -0.39 is 5.97 Å². The van der Waals surface area contributed by atoms with Crippen LogP contribution >= 0.6 is 0 Å². The van der Waals surface area contributed by atoms with Gasteiger partial charge in [-0.15, -0.1) is 0 Å². The third-order valence-corrected chi connectivity index (χ3v) is 3.86. The Kier molecular flexibility index (Phi) is 7.50. The fourth-order valence-corrected chi connectivity index (χ4v) is 2.64. The fourth-order valence-electron chi connectivity index (χ4n) is 2.64. The lowest BCUT2D eigenvalue weighted by Gasteiger charge is -2.07. The zero-order chi connectivity index (χ0) is 18.9. The summed E-state index contributed by atoms with van der Waals surface area (Å²) in [6.45, 7) is 5.62. The number of hydrogen-bond acceptors (Lipinski definition) is 6. The monoisotopic (exact) mass is 359 g/mol. The van der Waals surface area contributed by atoms with E-state index in [0.29, 0.717) is 43.1 Å². The zero-order valence-electron chi connectivity index (χ0n) is 15.4. The molecule has 7 heteroatoms. The highest BCUT2D eigenvalue weighted by atomic mass is 16.5. The summed E-state index contributed by atoms with van der Waals surface area (Å²) >= 11 is 0. The Balaban J connectivity index is 2.50. The van der Waals surface area contributed by atoms with Gasteiger partial charge in [-0.05, 0) is 51.6 Å². The lowest BCUT2D eigenvalue weighted by molar-refractivity contribution is 0.0517. The minimum Gasteiger partial charge on any atom is -0.461 e. The highest BCUT2D eigenvalue weighted by Crippen LogP contribution is 2.20. The number of nitrogens with zero attached hydrogens (tertiary/aromatic N) is 2. The van der Waals surface area contributed by atoms with Gasteiger partial charge in [0.05, 0.1) is 18.9 Å². The molecule has 1 aromatic heterocycles. The summed E-state index contributed by atoms with van der Waals surface area (Å²) in [4.78, 5) is 24.1. The van der Waals surface area contributed by atoms with Crippen LogP contribution in [-0.2, 0) is 22.5 Å². The van der Waals surface area contributed by atoms with Crippen molar-refractivity contribution >= 4 is 12.3 Å². The first-order valence-electron chi connectivity index (χ1n) is 8.72. The van der Waals surface area contributed by atoms with Crippen LogP contribution in [-0.4, -0.2) is 48.8 Å². The second-order valence-electron chi connectivity index (χ2n) is 5.62. The number of benzene rings is 1. The lowest BCUT2D eigenvalue weighted by Crippen LogP contribution is -2.14. The van der Waals surface area contributed by atoms with Crippen LogP contribution in [0.2, 0.25) is 0 Å². The van der Waals surface area contributed by atoms with E-state index in [0.717, 1.165) is 11.8 Å². The molecule has 7 nitrogen and oxygen atoms in total. The van der Waals surface area contributed by atoms with Crippen LogP contribution < -0.4 is 5.32 Å². The number of ether oxygens (including phenoxy) is 2. The molecule has 1 N–H and O–H groups in total. The molecule has 0 aliphatic heterocycles. The summed E-state index contributed by atoms with van der Waals surface area (Å²) in [5, 5.41) is 7.41.